The summed E-state index contributed by atoms with van der Waals surface area (Å²) in [5, 5.41) is 5.53. The molecule has 1 aromatic heterocycles. The third-order valence-corrected chi connectivity index (χ3v) is 13.9. The molecule has 3 aromatic carbocycles. The van der Waals surface area contributed by atoms with Gasteiger partial charge in [-0.25, -0.2) is 4.79 Å². The summed E-state index contributed by atoms with van der Waals surface area (Å²) >= 11 is 0. The number of methoxy groups -OCH3 is 1. The molecule has 1 aliphatic rings. The Kier molecular flexibility index (Phi) is 11.5. The number of hydrogen-bond donors (Lipinski definition) is 1. The maximum absolute atomic E-state index is 13.2. The number of nitrogens with one attached hydrogen (secondary N) is 1. The highest BCUT2D eigenvalue weighted by atomic mass is 28.4. The van der Waals surface area contributed by atoms with Crippen molar-refractivity contribution in [2.24, 2.45) is 5.11 Å². The zero-order valence-electron chi connectivity index (χ0n) is 27.8. The normalized spacial score (nSPS) is 20.2. The van der Waals surface area contributed by atoms with E-state index in [2.05, 4.69) is 60.0 Å². The first-order chi connectivity index (χ1) is 23.2. The Bertz CT molecular complexity index is 1730. The van der Waals surface area contributed by atoms with E-state index < -0.39 is 50.2 Å². The summed E-state index contributed by atoms with van der Waals surface area (Å²) in [7, 11) is -1.60. The lowest BCUT2D eigenvalue weighted by Crippen LogP contribution is -2.69. The fraction of sp³-hybridized carbons (Fsp3) is 0.389. The molecule has 0 radical (unpaired) electrons. The lowest BCUT2D eigenvalue weighted by Gasteiger charge is -2.46. The van der Waals surface area contributed by atoms with E-state index in [1.807, 2.05) is 66.7 Å². The van der Waals surface area contributed by atoms with Gasteiger partial charge in [-0.1, -0.05) is 117 Å². The van der Waals surface area contributed by atoms with Crippen LogP contribution in [0.3, 0.4) is 0 Å². The zero-order chi connectivity index (χ0) is 34.1. The van der Waals surface area contributed by atoms with Gasteiger partial charge < -0.3 is 18.6 Å². The second-order valence-corrected chi connectivity index (χ2v) is 17.1. The fourth-order valence-electron chi connectivity index (χ4n) is 6.62. The van der Waals surface area contributed by atoms with Crippen molar-refractivity contribution in [2.75, 3.05) is 13.7 Å². The highest BCUT2D eigenvalue weighted by Gasteiger charge is 2.58. The largest absolute Gasteiger partial charge is 0.399 e. The number of benzene rings is 3. The van der Waals surface area contributed by atoms with Crippen LogP contribution < -0.4 is 21.6 Å². The molecular weight excluding hydrogens is 627 g/mol. The second-order valence-electron chi connectivity index (χ2n) is 12.9. The van der Waals surface area contributed by atoms with Crippen molar-refractivity contribution < 1.29 is 18.6 Å². The number of azide groups is 1. The van der Waals surface area contributed by atoms with Gasteiger partial charge in [-0.2, -0.15) is 0 Å². The molecule has 4 aromatic rings. The van der Waals surface area contributed by atoms with Crippen molar-refractivity contribution in [1.82, 2.24) is 9.55 Å². The van der Waals surface area contributed by atoms with Crippen molar-refractivity contribution in [2.45, 2.75) is 75.9 Å². The second kappa shape index (κ2) is 15.7. The molecule has 1 aliphatic heterocycles. The zero-order valence-corrected chi connectivity index (χ0v) is 28.8. The van der Waals surface area contributed by atoms with Crippen molar-refractivity contribution in [3.8, 4) is 0 Å². The molecule has 0 spiro atoms. The smallest absolute Gasteiger partial charge is 0.330 e. The van der Waals surface area contributed by atoms with E-state index >= 15 is 0 Å². The number of rotatable bonds is 14. The Morgan fingerprint density at radius 3 is 2.08 bits per heavy atom. The minimum Gasteiger partial charge on any atom is -0.399 e. The molecular formula is C36H43N5O6Si. The van der Waals surface area contributed by atoms with Gasteiger partial charge in [-0.15, -0.1) is 0 Å². The molecule has 1 N–H and O–H groups in total. The fourth-order valence-corrected chi connectivity index (χ4v) is 11.3. The molecule has 11 nitrogen and oxygen atoms in total. The molecule has 2 heterocycles. The lowest BCUT2D eigenvalue weighted by atomic mass is 10.0. The molecule has 3 unspecified atom stereocenters. The molecule has 0 bridgehead atoms. The Labute approximate surface area is 281 Å². The Hall–Kier alpha value is -4.29. The summed E-state index contributed by atoms with van der Waals surface area (Å²) in [5.41, 5.74) is 8.79. The maximum atomic E-state index is 13.2. The highest BCUT2D eigenvalue weighted by Crippen LogP contribution is 2.43. The Morgan fingerprint density at radius 2 is 1.54 bits per heavy atom. The predicted octanol–water partition coefficient (Wildman–Crippen LogP) is 5.07. The minimum absolute atomic E-state index is 0.283. The van der Waals surface area contributed by atoms with Gasteiger partial charge in [0.1, 0.15) is 18.3 Å². The molecule has 1 saturated heterocycles. The SMILES string of the molecule is COC1C(O[Si](c2ccccc2)(c2ccccc2)C(C)(C)C)[C@@H](C(CCCN=[N+]=[N-])OCc2ccccc2)O[C@H]1n1ccc(=O)[nH]c1=O. The first-order valence-corrected chi connectivity index (χ1v) is 18.1. The number of aromatic amines is 1. The van der Waals surface area contributed by atoms with Gasteiger partial charge in [0.2, 0.25) is 0 Å². The minimum atomic E-state index is -3.17. The number of aromatic nitrogens is 2. The van der Waals surface area contributed by atoms with E-state index in [4.69, 9.17) is 24.2 Å². The first-order valence-electron chi connectivity index (χ1n) is 16.1. The predicted molar refractivity (Wildman–Crippen MR) is 187 cm³/mol. The highest BCUT2D eigenvalue weighted by molar-refractivity contribution is 6.99. The summed E-state index contributed by atoms with van der Waals surface area (Å²) < 4.78 is 28.6. The monoisotopic (exact) mass is 669 g/mol. The van der Waals surface area contributed by atoms with Crippen LogP contribution in [-0.4, -0.2) is 55.9 Å². The molecule has 48 heavy (non-hydrogen) atoms. The summed E-state index contributed by atoms with van der Waals surface area (Å²) in [6.45, 7) is 7.17. The summed E-state index contributed by atoms with van der Waals surface area (Å²) in [4.78, 5) is 30.5. The number of ether oxygens (including phenoxy) is 3. The van der Waals surface area contributed by atoms with Crippen LogP contribution in [0.1, 0.15) is 45.4 Å². The van der Waals surface area contributed by atoms with E-state index in [1.165, 1.54) is 16.8 Å². The molecule has 252 valence electrons. The average molecular weight is 670 g/mol. The maximum Gasteiger partial charge on any atom is 0.330 e. The Morgan fingerprint density at radius 1 is 0.938 bits per heavy atom. The number of H-pyrrole nitrogens is 1. The molecule has 5 atom stereocenters. The van der Waals surface area contributed by atoms with E-state index in [-0.39, 0.29) is 11.6 Å². The van der Waals surface area contributed by atoms with Gasteiger partial charge in [-0.05, 0) is 39.3 Å². The molecule has 0 saturated carbocycles. The van der Waals surface area contributed by atoms with Crippen LogP contribution in [0, 0.1) is 0 Å². The molecule has 0 amide bonds. The van der Waals surface area contributed by atoms with Crippen LogP contribution in [0.5, 0.6) is 0 Å². The lowest BCUT2D eigenvalue weighted by molar-refractivity contribution is -0.115. The topological polar surface area (TPSA) is 141 Å². The van der Waals surface area contributed by atoms with Crippen molar-refractivity contribution in [3.05, 3.63) is 140 Å². The average Bonchev–Trinajstić information content (AvgIpc) is 3.44. The van der Waals surface area contributed by atoms with Gasteiger partial charge in [0, 0.05) is 30.8 Å². The van der Waals surface area contributed by atoms with Crippen molar-refractivity contribution in [1.29, 1.82) is 0 Å². The van der Waals surface area contributed by atoms with Crippen molar-refractivity contribution >= 4 is 18.7 Å². The standard InChI is InChI=1S/C36H43N5O6Si/c1-36(2,3)48(27-17-10-6-11-18-27,28-19-12-7-13-20-28)47-32-31(46-34(33(32)44-4)41-24-22-30(42)39-35(41)43)29(21-14-23-38-40-37)45-25-26-15-8-5-9-16-26/h5-13,15-20,22,24,29,31-34H,14,21,23,25H2,1-4H3,(H,39,42,43)/t29?,31-,32?,33?,34-/m1/s1. The summed E-state index contributed by atoms with van der Waals surface area (Å²) in [5.74, 6) is 0. The van der Waals surface area contributed by atoms with Gasteiger partial charge in [-0.3, -0.25) is 14.3 Å². The quantitative estimate of drug-likeness (QED) is 0.0654. The van der Waals surface area contributed by atoms with Gasteiger partial charge >= 0.3 is 5.69 Å². The van der Waals surface area contributed by atoms with E-state index in [9.17, 15) is 9.59 Å². The van der Waals surface area contributed by atoms with E-state index in [0.29, 0.717) is 19.4 Å². The van der Waals surface area contributed by atoms with Gasteiger partial charge in [0.15, 0.2) is 6.23 Å². The third-order valence-electron chi connectivity index (χ3n) is 8.84. The van der Waals surface area contributed by atoms with Crippen LogP contribution >= 0.6 is 0 Å². The Balaban J connectivity index is 1.67. The third kappa shape index (κ3) is 7.54. The summed E-state index contributed by atoms with van der Waals surface area (Å²) in [6, 6.07) is 31.7. The van der Waals surface area contributed by atoms with Gasteiger partial charge in [0.25, 0.3) is 13.9 Å². The van der Waals surface area contributed by atoms with Crippen molar-refractivity contribution in [3.63, 3.8) is 0 Å². The van der Waals surface area contributed by atoms with E-state index in [0.717, 1.165) is 15.9 Å². The van der Waals surface area contributed by atoms with Gasteiger partial charge in [0.05, 0.1) is 12.7 Å². The number of hydrogen-bond acceptors (Lipinski definition) is 7. The van der Waals surface area contributed by atoms with Crippen LogP contribution in [0.2, 0.25) is 5.04 Å². The number of nitrogens with zero attached hydrogens (tertiary/aromatic N) is 4. The van der Waals surface area contributed by atoms with Crippen LogP contribution in [0.4, 0.5) is 0 Å². The summed E-state index contributed by atoms with van der Waals surface area (Å²) in [6.07, 6.45) is -1.23. The first kappa shape index (κ1) is 35.0. The van der Waals surface area contributed by atoms with Crippen LogP contribution in [-0.2, 0) is 25.2 Å². The molecule has 5 rings (SSSR count). The van der Waals surface area contributed by atoms with Crippen LogP contribution in [0.15, 0.2) is 118 Å². The molecule has 0 aliphatic carbocycles. The van der Waals surface area contributed by atoms with E-state index in [1.54, 1.807) is 7.11 Å². The molecule has 12 heteroatoms. The molecule has 1 fully saturated rings. The van der Waals surface area contributed by atoms with Crippen LogP contribution in [0.25, 0.3) is 10.4 Å².